The Bertz CT molecular complexity index is 156. The van der Waals surface area contributed by atoms with Crippen LogP contribution in [0.3, 0.4) is 0 Å². The highest BCUT2D eigenvalue weighted by molar-refractivity contribution is 4.79. The molecule has 1 fully saturated rings. The molecule has 1 heterocycles. The molecule has 1 atom stereocenters. The van der Waals surface area contributed by atoms with E-state index in [1.165, 1.54) is 25.7 Å². The molecular weight excluding hydrogens is 188 g/mol. The minimum Gasteiger partial charge on any atom is -0.378 e. The lowest BCUT2D eigenvalue weighted by Crippen LogP contribution is -2.46. The number of rotatable bonds is 6. The quantitative estimate of drug-likeness (QED) is 0.730. The maximum absolute atomic E-state index is 5.81. The van der Waals surface area contributed by atoms with Gasteiger partial charge < -0.3 is 10.5 Å². The molecule has 0 bridgehead atoms. The monoisotopic (exact) mass is 214 g/mol. The Morgan fingerprint density at radius 2 is 2.00 bits per heavy atom. The summed E-state index contributed by atoms with van der Waals surface area (Å²) >= 11 is 0. The van der Waals surface area contributed by atoms with E-state index < -0.39 is 0 Å². The summed E-state index contributed by atoms with van der Waals surface area (Å²) in [5.41, 5.74) is 5.81. The van der Waals surface area contributed by atoms with E-state index in [1.54, 1.807) is 0 Å². The second kappa shape index (κ2) is 7.20. The first-order valence-corrected chi connectivity index (χ1v) is 6.37. The summed E-state index contributed by atoms with van der Waals surface area (Å²) in [6, 6.07) is 0.595. The van der Waals surface area contributed by atoms with E-state index in [-0.39, 0.29) is 0 Å². The average molecular weight is 214 g/mol. The third kappa shape index (κ3) is 4.09. The van der Waals surface area contributed by atoms with Crippen LogP contribution in [0.5, 0.6) is 0 Å². The van der Waals surface area contributed by atoms with Crippen molar-refractivity contribution in [3.05, 3.63) is 0 Å². The molecule has 1 saturated heterocycles. The lowest BCUT2D eigenvalue weighted by atomic mass is 10.0. The smallest absolute Gasteiger partial charge is 0.0599 e. The van der Waals surface area contributed by atoms with Gasteiger partial charge in [-0.1, -0.05) is 13.3 Å². The molecule has 0 aromatic carbocycles. The largest absolute Gasteiger partial charge is 0.378 e. The molecule has 15 heavy (non-hydrogen) atoms. The molecule has 2 N–H and O–H groups in total. The van der Waals surface area contributed by atoms with Crippen molar-refractivity contribution in [2.24, 2.45) is 5.73 Å². The molecule has 1 unspecified atom stereocenters. The van der Waals surface area contributed by atoms with Crippen molar-refractivity contribution in [2.75, 3.05) is 26.2 Å². The minimum atomic E-state index is 0.492. The van der Waals surface area contributed by atoms with Gasteiger partial charge in [0.1, 0.15) is 0 Å². The van der Waals surface area contributed by atoms with Crippen molar-refractivity contribution in [1.29, 1.82) is 0 Å². The first-order valence-electron chi connectivity index (χ1n) is 6.37. The van der Waals surface area contributed by atoms with Gasteiger partial charge in [-0.3, -0.25) is 4.90 Å². The number of piperidine rings is 1. The van der Waals surface area contributed by atoms with Crippen LogP contribution in [0, 0.1) is 0 Å². The van der Waals surface area contributed by atoms with E-state index in [0.29, 0.717) is 12.1 Å². The molecule has 1 aliphatic rings. The maximum Gasteiger partial charge on any atom is 0.0599 e. The molecule has 3 heteroatoms. The van der Waals surface area contributed by atoms with Crippen molar-refractivity contribution in [3.8, 4) is 0 Å². The van der Waals surface area contributed by atoms with Gasteiger partial charge in [0, 0.05) is 32.3 Å². The van der Waals surface area contributed by atoms with Gasteiger partial charge in [-0.15, -0.1) is 0 Å². The number of hydrogen-bond donors (Lipinski definition) is 1. The summed E-state index contributed by atoms with van der Waals surface area (Å²) in [6.07, 6.45) is 5.30. The summed E-state index contributed by atoms with van der Waals surface area (Å²) in [5.74, 6) is 0. The molecule has 3 nitrogen and oxygen atoms in total. The highest BCUT2D eigenvalue weighted by atomic mass is 16.5. The summed E-state index contributed by atoms with van der Waals surface area (Å²) < 4.78 is 5.65. The Labute approximate surface area is 94.0 Å². The molecule has 0 radical (unpaired) electrons. The number of hydrogen-bond acceptors (Lipinski definition) is 3. The van der Waals surface area contributed by atoms with Crippen LogP contribution in [0.4, 0.5) is 0 Å². The Hall–Kier alpha value is -0.120. The van der Waals surface area contributed by atoms with E-state index in [1.807, 2.05) is 0 Å². The Morgan fingerprint density at radius 1 is 1.33 bits per heavy atom. The normalized spacial score (nSPS) is 21.8. The van der Waals surface area contributed by atoms with Crippen molar-refractivity contribution in [3.63, 3.8) is 0 Å². The fourth-order valence-corrected chi connectivity index (χ4v) is 2.43. The van der Waals surface area contributed by atoms with E-state index in [0.717, 1.165) is 26.2 Å². The number of ether oxygens (including phenoxy) is 1. The lowest BCUT2D eigenvalue weighted by molar-refractivity contribution is 0.00390. The molecule has 0 amide bonds. The zero-order chi connectivity index (χ0) is 11.1. The predicted molar refractivity (Wildman–Crippen MR) is 64.0 cm³/mol. The van der Waals surface area contributed by atoms with Gasteiger partial charge in [0.15, 0.2) is 0 Å². The van der Waals surface area contributed by atoms with Crippen molar-refractivity contribution >= 4 is 0 Å². The van der Waals surface area contributed by atoms with E-state index in [9.17, 15) is 0 Å². The van der Waals surface area contributed by atoms with Crippen molar-refractivity contribution in [1.82, 2.24) is 4.90 Å². The fourth-order valence-electron chi connectivity index (χ4n) is 2.43. The van der Waals surface area contributed by atoms with Gasteiger partial charge in [0.2, 0.25) is 0 Å². The summed E-state index contributed by atoms with van der Waals surface area (Å²) in [6.45, 7) is 8.27. The number of nitrogens with two attached hydrogens (primary N) is 1. The third-order valence-electron chi connectivity index (χ3n) is 3.29. The van der Waals surface area contributed by atoms with Gasteiger partial charge in [-0.05, 0) is 26.2 Å². The minimum absolute atomic E-state index is 0.492. The van der Waals surface area contributed by atoms with Crippen LogP contribution in [0.2, 0.25) is 0 Å². The SMILES string of the molecule is CCCC(CN)N1CCC(OCC)CC1. The van der Waals surface area contributed by atoms with Crippen LogP contribution in [0.15, 0.2) is 0 Å². The van der Waals surface area contributed by atoms with Gasteiger partial charge in [0.25, 0.3) is 0 Å². The van der Waals surface area contributed by atoms with Crippen LogP contribution in [-0.2, 0) is 4.74 Å². The zero-order valence-corrected chi connectivity index (χ0v) is 10.2. The Balaban J connectivity index is 2.28. The number of nitrogens with zero attached hydrogens (tertiary/aromatic N) is 1. The topological polar surface area (TPSA) is 38.5 Å². The highest BCUT2D eigenvalue weighted by Gasteiger charge is 2.23. The maximum atomic E-state index is 5.81. The van der Waals surface area contributed by atoms with Gasteiger partial charge >= 0.3 is 0 Å². The number of likely N-dealkylation sites (tertiary alicyclic amines) is 1. The van der Waals surface area contributed by atoms with E-state index >= 15 is 0 Å². The molecular formula is C12H26N2O. The molecule has 0 spiro atoms. The predicted octanol–water partition coefficient (Wildman–Crippen LogP) is 1.61. The molecule has 0 saturated carbocycles. The fraction of sp³-hybridized carbons (Fsp3) is 1.00. The van der Waals surface area contributed by atoms with Crippen LogP contribution >= 0.6 is 0 Å². The molecule has 90 valence electrons. The van der Waals surface area contributed by atoms with Crippen LogP contribution < -0.4 is 5.73 Å². The van der Waals surface area contributed by atoms with E-state index in [2.05, 4.69) is 18.7 Å². The molecule has 0 aromatic heterocycles. The third-order valence-corrected chi connectivity index (χ3v) is 3.29. The van der Waals surface area contributed by atoms with Crippen molar-refractivity contribution in [2.45, 2.75) is 51.7 Å². The van der Waals surface area contributed by atoms with Gasteiger partial charge in [0.05, 0.1) is 6.10 Å². The van der Waals surface area contributed by atoms with Crippen molar-refractivity contribution < 1.29 is 4.74 Å². The zero-order valence-electron chi connectivity index (χ0n) is 10.2. The Morgan fingerprint density at radius 3 is 2.47 bits per heavy atom. The van der Waals surface area contributed by atoms with Gasteiger partial charge in [-0.2, -0.15) is 0 Å². The second-order valence-electron chi connectivity index (χ2n) is 4.37. The summed E-state index contributed by atoms with van der Waals surface area (Å²) in [4.78, 5) is 2.54. The van der Waals surface area contributed by atoms with Crippen LogP contribution in [-0.4, -0.2) is 43.3 Å². The van der Waals surface area contributed by atoms with E-state index in [4.69, 9.17) is 10.5 Å². The summed E-state index contributed by atoms with van der Waals surface area (Å²) in [5, 5.41) is 0. The Kier molecular flexibility index (Phi) is 6.22. The average Bonchev–Trinajstić information content (AvgIpc) is 2.28. The first-order chi connectivity index (χ1) is 7.31. The molecule has 1 rings (SSSR count). The molecule has 1 aliphatic heterocycles. The van der Waals surface area contributed by atoms with Crippen LogP contribution in [0.1, 0.15) is 39.5 Å². The second-order valence-corrected chi connectivity index (χ2v) is 4.37. The summed E-state index contributed by atoms with van der Waals surface area (Å²) in [7, 11) is 0. The van der Waals surface area contributed by atoms with Crippen LogP contribution in [0.25, 0.3) is 0 Å². The standard InChI is InChI=1S/C12H26N2O/c1-3-5-11(10-13)14-8-6-12(7-9-14)15-4-2/h11-12H,3-10,13H2,1-2H3. The molecule has 0 aromatic rings. The van der Waals surface area contributed by atoms with Gasteiger partial charge in [-0.25, -0.2) is 0 Å². The molecule has 0 aliphatic carbocycles. The lowest BCUT2D eigenvalue weighted by Gasteiger charge is -2.36. The highest BCUT2D eigenvalue weighted by Crippen LogP contribution is 2.17. The first kappa shape index (κ1) is 12.9.